The second kappa shape index (κ2) is 7.47. The fourth-order valence-corrected chi connectivity index (χ4v) is 2.77. The summed E-state index contributed by atoms with van der Waals surface area (Å²) in [4.78, 5) is 22.3. The van der Waals surface area contributed by atoms with Gasteiger partial charge in [-0.3, -0.25) is 9.00 Å². The number of carboxylic acid groups (broad SMARTS) is 1. The summed E-state index contributed by atoms with van der Waals surface area (Å²) in [6, 6.07) is -0.279. The van der Waals surface area contributed by atoms with Crippen molar-refractivity contribution in [2.24, 2.45) is 5.41 Å². The van der Waals surface area contributed by atoms with Crippen molar-refractivity contribution in [3.05, 3.63) is 0 Å². The Balaban J connectivity index is 2.18. The van der Waals surface area contributed by atoms with E-state index in [0.717, 1.165) is 19.3 Å². The number of carbonyl (C=O) groups is 2. The Hall–Kier alpha value is -1.11. The van der Waals surface area contributed by atoms with Crippen LogP contribution in [0.25, 0.3) is 0 Å². The first kappa shape index (κ1) is 15.9. The van der Waals surface area contributed by atoms with Gasteiger partial charge in [-0.05, 0) is 24.7 Å². The Kier molecular flexibility index (Phi) is 6.27. The van der Waals surface area contributed by atoms with E-state index in [4.69, 9.17) is 5.11 Å². The number of rotatable bonds is 8. The highest BCUT2D eigenvalue weighted by molar-refractivity contribution is 7.84. The lowest BCUT2D eigenvalue weighted by atomic mass is 9.66. The molecule has 19 heavy (non-hydrogen) atoms. The average Bonchev–Trinajstić information content (AvgIpc) is 2.27. The highest BCUT2D eigenvalue weighted by Gasteiger charge is 2.39. The summed E-state index contributed by atoms with van der Waals surface area (Å²) in [5.41, 5.74) is -0.256. The predicted octanol–water partition coefficient (Wildman–Crippen LogP) is 0.699. The fourth-order valence-electron chi connectivity index (χ4n) is 2.22. The molecule has 0 radical (unpaired) electrons. The van der Waals surface area contributed by atoms with Crippen molar-refractivity contribution in [2.75, 3.05) is 25.1 Å². The van der Waals surface area contributed by atoms with Gasteiger partial charge in [-0.2, -0.15) is 0 Å². The van der Waals surface area contributed by atoms with Crippen molar-refractivity contribution in [3.63, 3.8) is 0 Å². The molecule has 0 aromatic carbocycles. The lowest BCUT2D eigenvalue weighted by molar-refractivity contribution is -0.141. The molecule has 1 fully saturated rings. The molecule has 0 aromatic heterocycles. The number of hydrogen-bond donors (Lipinski definition) is 3. The van der Waals surface area contributed by atoms with Gasteiger partial charge in [0.15, 0.2) is 0 Å². The zero-order valence-electron chi connectivity index (χ0n) is 11.2. The first-order chi connectivity index (χ1) is 8.93. The largest absolute Gasteiger partial charge is 0.481 e. The average molecular weight is 290 g/mol. The fraction of sp³-hybridized carbons (Fsp3) is 0.833. The minimum absolute atomic E-state index is 0.113. The highest BCUT2D eigenvalue weighted by atomic mass is 32.2. The van der Waals surface area contributed by atoms with Crippen LogP contribution in [0.15, 0.2) is 0 Å². The van der Waals surface area contributed by atoms with Gasteiger partial charge in [0, 0.05) is 35.9 Å². The molecular weight excluding hydrogens is 268 g/mol. The number of nitrogens with one attached hydrogen (secondary N) is 2. The van der Waals surface area contributed by atoms with Gasteiger partial charge >= 0.3 is 12.0 Å². The van der Waals surface area contributed by atoms with Crippen LogP contribution in [0.4, 0.5) is 4.79 Å². The topological polar surface area (TPSA) is 95.5 Å². The maximum absolute atomic E-state index is 11.5. The molecular formula is C12H22N2O4S. The monoisotopic (exact) mass is 290 g/mol. The number of carbonyl (C=O) groups excluding carboxylic acids is 1. The van der Waals surface area contributed by atoms with Crippen LogP contribution >= 0.6 is 0 Å². The molecule has 0 bridgehead atoms. The molecule has 1 saturated carbocycles. The van der Waals surface area contributed by atoms with Crippen molar-refractivity contribution >= 4 is 22.8 Å². The van der Waals surface area contributed by atoms with E-state index in [9.17, 15) is 13.8 Å². The van der Waals surface area contributed by atoms with Gasteiger partial charge in [-0.25, -0.2) is 4.79 Å². The Bertz CT molecular complexity index is 356. The van der Waals surface area contributed by atoms with E-state index in [2.05, 4.69) is 10.6 Å². The molecule has 0 saturated heterocycles. The zero-order chi connectivity index (χ0) is 14.3. The van der Waals surface area contributed by atoms with Crippen LogP contribution in [0.5, 0.6) is 0 Å². The summed E-state index contributed by atoms with van der Waals surface area (Å²) in [6.45, 7) is 0.891. The van der Waals surface area contributed by atoms with E-state index in [1.165, 1.54) is 0 Å². The molecule has 0 aliphatic heterocycles. The van der Waals surface area contributed by atoms with E-state index in [1.807, 2.05) is 0 Å². The Morgan fingerprint density at radius 2 is 2.00 bits per heavy atom. The maximum Gasteiger partial charge on any atom is 0.314 e. The first-order valence-corrected chi connectivity index (χ1v) is 8.20. The van der Waals surface area contributed by atoms with E-state index in [-0.39, 0.29) is 17.9 Å². The second-order valence-electron chi connectivity index (χ2n) is 5.16. The van der Waals surface area contributed by atoms with Crippen molar-refractivity contribution in [2.45, 2.75) is 32.1 Å². The molecule has 0 aromatic rings. The summed E-state index contributed by atoms with van der Waals surface area (Å²) >= 11 is 0. The van der Waals surface area contributed by atoms with E-state index in [0.29, 0.717) is 25.3 Å². The summed E-state index contributed by atoms with van der Waals surface area (Å²) in [7, 11) is -0.834. The standard InChI is InChI=1S/C12H22N2O4S/c1-19(18)7-3-6-13-11(17)14-9-12(4-2-5-12)8-10(15)16/h2-9H2,1H3,(H,15,16)(H2,13,14,17). The van der Waals surface area contributed by atoms with Crippen molar-refractivity contribution in [1.29, 1.82) is 0 Å². The first-order valence-electron chi connectivity index (χ1n) is 6.47. The van der Waals surface area contributed by atoms with Crippen molar-refractivity contribution in [3.8, 4) is 0 Å². The third kappa shape index (κ3) is 6.04. The van der Waals surface area contributed by atoms with Crippen LogP contribution < -0.4 is 10.6 Å². The molecule has 0 spiro atoms. The van der Waals surface area contributed by atoms with Gasteiger partial charge in [0.05, 0.1) is 6.42 Å². The van der Waals surface area contributed by atoms with Crippen LogP contribution in [0.1, 0.15) is 32.1 Å². The lowest BCUT2D eigenvalue weighted by Gasteiger charge is -2.40. The smallest absolute Gasteiger partial charge is 0.314 e. The number of urea groups is 1. The maximum atomic E-state index is 11.5. The van der Waals surface area contributed by atoms with E-state index < -0.39 is 16.8 Å². The number of carboxylic acids is 1. The van der Waals surface area contributed by atoms with Crippen LogP contribution in [-0.4, -0.2) is 46.4 Å². The molecule has 1 unspecified atom stereocenters. The van der Waals surface area contributed by atoms with Gasteiger partial charge in [-0.15, -0.1) is 0 Å². The van der Waals surface area contributed by atoms with Gasteiger partial charge in [-0.1, -0.05) is 6.42 Å². The minimum Gasteiger partial charge on any atom is -0.481 e. The normalized spacial score (nSPS) is 18.2. The second-order valence-corrected chi connectivity index (χ2v) is 6.72. The Labute approximate surface area is 115 Å². The molecule has 3 N–H and O–H groups in total. The summed E-state index contributed by atoms with van der Waals surface area (Å²) in [6.07, 6.45) is 5.16. The summed E-state index contributed by atoms with van der Waals surface area (Å²) < 4.78 is 10.8. The molecule has 1 atom stereocenters. The van der Waals surface area contributed by atoms with Crippen LogP contribution in [0, 0.1) is 5.41 Å². The minimum atomic E-state index is -0.834. The van der Waals surface area contributed by atoms with Crippen LogP contribution in [0.3, 0.4) is 0 Å². The molecule has 110 valence electrons. The number of amides is 2. The zero-order valence-corrected chi connectivity index (χ0v) is 12.1. The van der Waals surface area contributed by atoms with Crippen molar-refractivity contribution < 1.29 is 18.9 Å². The molecule has 1 aliphatic carbocycles. The lowest BCUT2D eigenvalue weighted by Crippen LogP contribution is -2.46. The summed E-state index contributed by atoms with van der Waals surface area (Å²) in [5, 5.41) is 14.3. The van der Waals surface area contributed by atoms with E-state index >= 15 is 0 Å². The molecule has 0 heterocycles. The van der Waals surface area contributed by atoms with E-state index in [1.54, 1.807) is 6.26 Å². The van der Waals surface area contributed by atoms with Gasteiger partial charge in [0.2, 0.25) is 0 Å². The Morgan fingerprint density at radius 1 is 1.32 bits per heavy atom. The number of hydrogen-bond acceptors (Lipinski definition) is 3. The SMILES string of the molecule is CS(=O)CCCNC(=O)NCC1(CC(=O)O)CCC1. The van der Waals surface area contributed by atoms with Crippen LogP contribution in [-0.2, 0) is 15.6 Å². The number of aliphatic carboxylic acids is 1. The molecule has 6 nitrogen and oxygen atoms in total. The quantitative estimate of drug-likeness (QED) is 0.573. The van der Waals surface area contributed by atoms with Gasteiger partial charge in [0.1, 0.15) is 0 Å². The molecule has 1 aliphatic rings. The predicted molar refractivity (Wildman–Crippen MR) is 73.5 cm³/mol. The third-order valence-electron chi connectivity index (χ3n) is 3.46. The van der Waals surface area contributed by atoms with Crippen LogP contribution in [0.2, 0.25) is 0 Å². The highest BCUT2D eigenvalue weighted by Crippen LogP contribution is 2.43. The molecule has 2 amide bonds. The van der Waals surface area contributed by atoms with Gasteiger partial charge < -0.3 is 15.7 Å². The Morgan fingerprint density at radius 3 is 2.47 bits per heavy atom. The summed E-state index contributed by atoms with van der Waals surface area (Å²) in [5.74, 6) is -0.240. The molecule has 7 heteroatoms. The van der Waals surface area contributed by atoms with Gasteiger partial charge in [0.25, 0.3) is 0 Å². The molecule has 1 rings (SSSR count). The van der Waals surface area contributed by atoms with Crippen molar-refractivity contribution in [1.82, 2.24) is 10.6 Å². The third-order valence-corrected chi connectivity index (χ3v) is 4.32.